The van der Waals surface area contributed by atoms with Gasteiger partial charge in [0.2, 0.25) is 0 Å². The first-order valence-corrected chi connectivity index (χ1v) is 4.44. The number of allylic oxidation sites excluding steroid dienone is 1. The van der Waals surface area contributed by atoms with Crippen LogP contribution in [0.15, 0.2) is 36.0 Å². The summed E-state index contributed by atoms with van der Waals surface area (Å²) in [6.45, 7) is 2.81. The topological polar surface area (TPSA) is 12.0 Å². The van der Waals surface area contributed by atoms with E-state index >= 15 is 0 Å². The van der Waals surface area contributed by atoms with Crippen molar-refractivity contribution in [3.63, 3.8) is 0 Å². The molecule has 1 unspecified atom stereocenters. The minimum absolute atomic E-state index is 0.111. The molecule has 1 nitrogen and oxygen atoms in total. The van der Waals surface area contributed by atoms with E-state index in [9.17, 15) is 4.39 Å². The van der Waals surface area contributed by atoms with Crippen LogP contribution in [-0.4, -0.2) is 6.54 Å². The second kappa shape index (κ2) is 3.21. The van der Waals surface area contributed by atoms with Gasteiger partial charge in [-0.1, -0.05) is 24.3 Å². The third kappa shape index (κ3) is 1.57. The molecular weight excluding hydrogens is 165 g/mol. The summed E-state index contributed by atoms with van der Waals surface area (Å²) in [6, 6.07) is 6.95. The van der Waals surface area contributed by atoms with E-state index in [2.05, 4.69) is 11.4 Å². The summed E-state index contributed by atoms with van der Waals surface area (Å²) >= 11 is 0. The van der Waals surface area contributed by atoms with Gasteiger partial charge in [0, 0.05) is 18.2 Å². The molecule has 0 saturated heterocycles. The molecule has 0 aliphatic carbocycles. The number of benzene rings is 1. The predicted molar refractivity (Wildman–Crippen MR) is 50.9 cm³/mol. The molecule has 1 aliphatic heterocycles. The van der Waals surface area contributed by atoms with E-state index in [1.165, 1.54) is 6.07 Å². The zero-order chi connectivity index (χ0) is 9.26. The Kier molecular flexibility index (Phi) is 2.05. The Bertz CT molecular complexity index is 344. The Labute approximate surface area is 77.3 Å². The van der Waals surface area contributed by atoms with Gasteiger partial charge in [0.05, 0.1) is 0 Å². The number of halogens is 1. The van der Waals surface area contributed by atoms with Crippen molar-refractivity contribution in [2.24, 2.45) is 0 Å². The van der Waals surface area contributed by atoms with Gasteiger partial charge >= 0.3 is 0 Å². The predicted octanol–water partition coefficient (Wildman–Crippen LogP) is 2.42. The summed E-state index contributed by atoms with van der Waals surface area (Å²) in [5.41, 5.74) is 1.92. The van der Waals surface area contributed by atoms with Gasteiger partial charge in [-0.05, 0) is 18.6 Å². The van der Waals surface area contributed by atoms with Crippen LogP contribution in [0.4, 0.5) is 4.39 Å². The lowest BCUT2D eigenvalue weighted by Gasteiger charge is -2.07. The maximum absolute atomic E-state index is 13.3. The van der Waals surface area contributed by atoms with Gasteiger partial charge in [-0.25, -0.2) is 4.39 Å². The van der Waals surface area contributed by atoms with Crippen molar-refractivity contribution >= 4 is 0 Å². The van der Waals surface area contributed by atoms with E-state index in [-0.39, 0.29) is 11.7 Å². The molecule has 0 amide bonds. The number of hydrogen-bond donors (Lipinski definition) is 1. The number of nitrogens with one attached hydrogen (secondary N) is 1. The Hall–Kier alpha value is -1.31. The zero-order valence-electron chi connectivity index (χ0n) is 7.55. The fraction of sp³-hybridized carbons (Fsp3) is 0.273. The lowest BCUT2D eigenvalue weighted by atomic mass is 10.00. The quantitative estimate of drug-likeness (QED) is 0.694. The van der Waals surface area contributed by atoms with Gasteiger partial charge in [0.15, 0.2) is 0 Å². The van der Waals surface area contributed by atoms with Crippen LogP contribution < -0.4 is 5.32 Å². The van der Waals surface area contributed by atoms with Crippen LogP contribution in [0, 0.1) is 5.82 Å². The fourth-order valence-electron chi connectivity index (χ4n) is 1.67. The lowest BCUT2D eigenvalue weighted by Crippen LogP contribution is -2.10. The Morgan fingerprint density at radius 1 is 1.38 bits per heavy atom. The molecule has 0 radical (unpaired) electrons. The van der Waals surface area contributed by atoms with Crippen LogP contribution in [0.2, 0.25) is 0 Å². The monoisotopic (exact) mass is 177 g/mol. The third-order valence-corrected chi connectivity index (χ3v) is 2.36. The van der Waals surface area contributed by atoms with Gasteiger partial charge in [0.1, 0.15) is 5.82 Å². The van der Waals surface area contributed by atoms with Gasteiger partial charge < -0.3 is 5.32 Å². The first kappa shape index (κ1) is 8.30. The van der Waals surface area contributed by atoms with Crippen LogP contribution in [0.25, 0.3) is 0 Å². The summed E-state index contributed by atoms with van der Waals surface area (Å²) in [4.78, 5) is 0. The number of rotatable bonds is 1. The lowest BCUT2D eigenvalue weighted by molar-refractivity contribution is 0.599. The number of hydrogen-bond acceptors (Lipinski definition) is 1. The highest BCUT2D eigenvalue weighted by molar-refractivity contribution is 5.29. The summed E-state index contributed by atoms with van der Waals surface area (Å²) in [5, 5.41) is 3.19. The summed E-state index contributed by atoms with van der Waals surface area (Å²) < 4.78 is 13.3. The van der Waals surface area contributed by atoms with Crippen molar-refractivity contribution in [2.75, 3.05) is 6.54 Å². The van der Waals surface area contributed by atoms with Crippen LogP contribution in [-0.2, 0) is 0 Å². The van der Waals surface area contributed by atoms with Gasteiger partial charge in [0.25, 0.3) is 0 Å². The molecule has 1 atom stereocenters. The standard InChI is InChI=1S/C11H12FN/c1-8-6-9(7-13-8)10-4-2-3-5-11(10)12/h2-6,9,13H,7H2,1H3. The molecule has 0 spiro atoms. The van der Waals surface area contributed by atoms with Gasteiger partial charge in [-0.15, -0.1) is 0 Å². The van der Waals surface area contributed by atoms with Gasteiger partial charge in [-0.3, -0.25) is 0 Å². The van der Waals surface area contributed by atoms with Crippen molar-refractivity contribution in [1.29, 1.82) is 0 Å². The van der Waals surface area contributed by atoms with E-state index in [1.807, 2.05) is 19.1 Å². The highest BCUT2D eigenvalue weighted by Crippen LogP contribution is 2.24. The molecule has 0 saturated carbocycles. The Morgan fingerprint density at radius 2 is 2.15 bits per heavy atom. The summed E-state index contributed by atoms with van der Waals surface area (Å²) in [7, 11) is 0. The molecule has 1 N–H and O–H groups in total. The molecule has 0 fully saturated rings. The van der Waals surface area contributed by atoms with Gasteiger partial charge in [-0.2, -0.15) is 0 Å². The highest BCUT2D eigenvalue weighted by atomic mass is 19.1. The van der Waals surface area contributed by atoms with E-state index in [0.29, 0.717) is 0 Å². The molecule has 13 heavy (non-hydrogen) atoms. The smallest absolute Gasteiger partial charge is 0.127 e. The normalized spacial score (nSPS) is 21.1. The molecule has 0 aromatic heterocycles. The largest absolute Gasteiger partial charge is 0.388 e. The average molecular weight is 177 g/mol. The SMILES string of the molecule is CC1=CC(c2ccccc2F)CN1. The molecule has 2 heteroatoms. The minimum atomic E-state index is -0.111. The minimum Gasteiger partial charge on any atom is -0.388 e. The second-order valence-electron chi connectivity index (χ2n) is 3.36. The van der Waals surface area contributed by atoms with Crippen molar-refractivity contribution in [3.05, 3.63) is 47.4 Å². The van der Waals surface area contributed by atoms with Crippen molar-refractivity contribution in [1.82, 2.24) is 5.32 Å². The van der Waals surface area contributed by atoms with Crippen molar-refractivity contribution in [3.8, 4) is 0 Å². The van der Waals surface area contributed by atoms with Crippen LogP contribution in [0.1, 0.15) is 18.4 Å². The molecule has 0 bridgehead atoms. The summed E-state index contributed by atoms with van der Waals surface area (Å²) in [6.07, 6.45) is 2.07. The molecule has 1 aliphatic rings. The molecular formula is C11H12FN. The Morgan fingerprint density at radius 3 is 2.77 bits per heavy atom. The first-order chi connectivity index (χ1) is 6.27. The van der Waals surface area contributed by atoms with Crippen LogP contribution in [0.3, 0.4) is 0 Å². The van der Waals surface area contributed by atoms with Crippen LogP contribution in [0.5, 0.6) is 0 Å². The second-order valence-corrected chi connectivity index (χ2v) is 3.36. The molecule has 2 rings (SSSR count). The van der Waals surface area contributed by atoms with E-state index in [4.69, 9.17) is 0 Å². The Balaban J connectivity index is 2.31. The molecule has 68 valence electrons. The molecule has 1 aromatic carbocycles. The van der Waals surface area contributed by atoms with Crippen molar-refractivity contribution in [2.45, 2.75) is 12.8 Å². The van der Waals surface area contributed by atoms with E-state index in [1.54, 1.807) is 6.07 Å². The van der Waals surface area contributed by atoms with E-state index in [0.717, 1.165) is 17.8 Å². The highest BCUT2D eigenvalue weighted by Gasteiger charge is 2.17. The van der Waals surface area contributed by atoms with Crippen molar-refractivity contribution < 1.29 is 4.39 Å². The maximum atomic E-state index is 13.3. The fourth-order valence-corrected chi connectivity index (χ4v) is 1.67. The molecule has 1 heterocycles. The first-order valence-electron chi connectivity index (χ1n) is 4.44. The van der Waals surface area contributed by atoms with E-state index < -0.39 is 0 Å². The summed E-state index contributed by atoms with van der Waals surface area (Å²) in [5.74, 6) is 0.0847. The maximum Gasteiger partial charge on any atom is 0.127 e. The molecule has 1 aromatic rings. The zero-order valence-corrected chi connectivity index (χ0v) is 7.55. The third-order valence-electron chi connectivity index (χ3n) is 2.36. The average Bonchev–Trinajstić information content (AvgIpc) is 2.53. The van der Waals surface area contributed by atoms with Crippen LogP contribution >= 0.6 is 0 Å².